The molecule has 0 radical (unpaired) electrons. The fraction of sp³-hybridized carbons (Fsp3) is 0.214. The van der Waals surface area contributed by atoms with Crippen LogP contribution in [-0.2, 0) is 4.74 Å². The number of carbonyl (C=O) groups excluding carboxylic acids is 1. The number of aliphatic hydroxyl groups excluding tert-OH is 4. The largest absolute Gasteiger partial charge is 0.508 e. The molecule has 0 aliphatic carbocycles. The third-order valence-electron chi connectivity index (χ3n) is 6.83. The van der Waals surface area contributed by atoms with Crippen LogP contribution >= 0.6 is 0 Å². The molecule has 5 unspecified atom stereocenters. The highest BCUT2D eigenvalue weighted by Gasteiger charge is 2.45. The number of hydrogen-bond donors (Lipinski definition) is 11. The van der Waals surface area contributed by atoms with Gasteiger partial charge in [0.15, 0.2) is 34.5 Å². The van der Waals surface area contributed by atoms with Crippen LogP contribution in [0.1, 0.15) is 10.4 Å². The van der Waals surface area contributed by atoms with Gasteiger partial charge in [-0.25, -0.2) is 4.79 Å². The smallest absolute Gasteiger partial charge is 0.343 e. The van der Waals surface area contributed by atoms with Crippen LogP contribution in [0.25, 0.3) is 22.3 Å². The summed E-state index contributed by atoms with van der Waals surface area (Å²) in [5.74, 6) is -9.43. The number of ether oxygens (including phenoxy) is 3. The van der Waals surface area contributed by atoms with Crippen LogP contribution in [-0.4, -0.2) is 99.5 Å². The fourth-order valence-electron chi connectivity index (χ4n) is 4.53. The molecule has 17 heteroatoms. The molecule has 1 aliphatic heterocycles. The van der Waals surface area contributed by atoms with Crippen molar-refractivity contribution in [3.8, 4) is 63.1 Å². The summed E-state index contributed by atoms with van der Waals surface area (Å²) < 4.78 is 21.9. The van der Waals surface area contributed by atoms with Gasteiger partial charge in [-0.2, -0.15) is 0 Å². The molecule has 0 amide bonds. The lowest BCUT2D eigenvalue weighted by Gasteiger charge is -2.39. The first kappa shape index (κ1) is 31.0. The molecule has 1 aliphatic rings. The maximum atomic E-state index is 13.7. The van der Waals surface area contributed by atoms with E-state index in [1.807, 2.05) is 0 Å². The topological polar surface area (TPSA) is 298 Å². The number of esters is 1. The summed E-state index contributed by atoms with van der Waals surface area (Å²) in [5, 5.41) is 110. The van der Waals surface area contributed by atoms with Crippen molar-refractivity contribution in [2.45, 2.75) is 30.7 Å². The summed E-state index contributed by atoms with van der Waals surface area (Å²) in [6.45, 7) is -0.863. The van der Waals surface area contributed by atoms with Crippen molar-refractivity contribution >= 4 is 16.9 Å². The van der Waals surface area contributed by atoms with Crippen molar-refractivity contribution in [3.63, 3.8) is 0 Å². The zero-order chi connectivity index (χ0) is 32.9. The zero-order valence-electron chi connectivity index (χ0n) is 22.4. The monoisotopic (exact) mass is 632 g/mol. The highest BCUT2D eigenvalue weighted by atomic mass is 16.7. The van der Waals surface area contributed by atoms with E-state index in [-0.39, 0.29) is 0 Å². The van der Waals surface area contributed by atoms with E-state index in [1.54, 1.807) is 0 Å². The number of phenols is 7. The minimum absolute atomic E-state index is 0.480. The number of benzene rings is 3. The highest BCUT2D eigenvalue weighted by molar-refractivity contribution is 5.94. The number of aliphatic hydroxyl groups is 4. The van der Waals surface area contributed by atoms with Gasteiger partial charge < -0.3 is 74.8 Å². The van der Waals surface area contributed by atoms with Crippen molar-refractivity contribution < 1.29 is 79.6 Å². The van der Waals surface area contributed by atoms with Gasteiger partial charge >= 0.3 is 5.97 Å². The molecule has 45 heavy (non-hydrogen) atoms. The summed E-state index contributed by atoms with van der Waals surface area (Å²) in [7, 11) is 0. The standard InChI is InChI=1S/C28H24O17/c29-7-18-21(37)23(39)24(40)28(44-18)45-26-22(38)19-13(33)3-9(30)4-17(19)42-25(26)10-5-11(31)12(32)6-16(10)43-27(41)8-1-14(34)20(36)15(35)2-8/h1-6,18,21,23-24,28-37,39-40H,7H2. The zero-order valence-corrected chi connectivity index (χ0v) is 22.4. The van der Waals surface area contributed by atoms with Crippen LogP contribution in [0.2, 0.25) is 0 Å². The van der Waals surface area contributed by atoms with Crippen LogP contribution in [0.5, 0.6) is 51.7 Å². The molecule has 1 fully saturated rings. The first-order valence-corrected chi connectivity index (χ1v) is 12.7. The van der Waals surface area contributed by atoms with Gasteiger partial charge in [-0.3, -0.25) is 4.79 Å². The fourth-order valence-corrected chi connectivity index (χ4v) is 4.53. The lowest BCUT2D eigenvalue weighted by molar-refractivity contribution is -0.277. The summed E-state index contributed by atoms with van der Waals surface area (Å²) in [6.07, 6.45) is -9.27. The highest BCUT2D eigenvalue weighted by Crippen LogP contribution is 2.45. The minimum atomic E-state index is -2.04. The van der Waals surface area contributed by atoms with Crippen LogP contribution in [0.15, 0.2) is 45.6 Å². The van der Waals surface area contributed by atoms with E-state index < -0.39 is 128 Å². The normalized spacial score (nSPS) is 21.5. The number of rotatable bonds is 6. The number of hydrogen-bond acceptors (Lipinski definition) is 17. The van der Waals surface area contributed by atoms with Crippen LogP contribution < -0.4 is 14.9 Å². The van der Waals surface area contributed by atoms with Gasteiger partial charge in [0.2, 0.25) is 17.5 Å². The molecule has 5 atom stereocenters. The van der Waals surface area contributed by atoms with Gasteiger partial charge in [0.25, 0.3) is 0 Å². The van der Waals surface area contributed by atoms with E-state index in [0.29, 0.717) is 6.07 Å². The Balaban J connectivity index is 1.71. The van der Waals surface area contributed by atoms with E-state index in [2.05, 4.69) is 0 Å². The van der Waals surface area contributed by atoms with Crippen molar-refractivity contribution in [1.82, 2.24) is 0 Å². The average Bonchev–Trinajstić information content (AvgIpc) is 2.98. The summed E-state index contributed by atoms with van der Waals surface area (Å²) in [6, 6.07) is 4.60. The van der Waals surface area contributed by atoms with E-state index in [0.717, 1.165) is 30.3 Å². The summed E-state index contributed by atoms with van der Waals surface area (Å²) in [5.41, 5.74) is -2.72. The van der Waals surface area contributed by atoms with Gasteiger partial charge in [0, 0.05) is 18.2 Å². The van der Waals surface area contributed by atoms with Crippen molar-refractivity contribution in [1.29, 1.82) is 0 Å². The molecule has 1 aromatic heterocycles. The number of carbonyl (C=O) groups is 1. The number of phenolic OH excluding ortho intramolecular Hbond substituents is 7. The quantitative estimate of drug-likeness (QED) is 0.0744. The molecule has 17 nitrogen and oxygen atoms in total. The number of aromatic hydroxyl groups is 7. The van der Waals surface area contributed by atoms with Crippen molar-refractivity contribution in [3.05, 3.63) is 52.2 Å². The van der Waals surface area contributed by atoms with E-state index in [9.17, 15) is 65.8 Å². The molecule has 3 aromatic carbocycles. The van der Waals surface area contributed by atoms with E-state index in [1.165, 1.54) is 0 Å². The Labute approximate surface area is 249 Å². The predicted molar refractivity (Wildman–Crippen MR) is 145 cm³/mol. The summed E-state index contributed by atoms with van der Waals surface area (Å²) in [4.78, 5) is 26.7. The van der Waals surface area contributed by atoms with Crippen molar-refractivity contribution in [2.75, 3.05) is 6.61 Å². The molecule has 0 saturated carbocycles. The number of fused-ring (bicyclic) bond motifs is 1. The molecule has 11 N–H and O–H groups in total. The van der Waals surface area contributed by atoms with Gasteiger partial charge in [0.05, 0.1) is 17.7 Å². The second-order valence-electron chi connectivity index (χ2n) is 9.83. The lowest BCUT2D eigenvalue weighted by atomic mass is 9.99. The van der Waals surface area contributed by atoms with Crippen LogP contribution in [0.4, 0.5) is 0 Å². The second-order valence-corrected chi connectivity index (χ2v) is 9.83. The molecule has 5 rings (SSSR count). The molecule has 0 bridgehead atoms. The molecule has 238 valence electrons. The molecule has 2 heterocycles. The molecular weight excluding hydrogens is 608 g/mol. The maximum absolute atomic E-state index is 13.7. The van der Waals surface area contributed by atoms with Gasteiger partial charge in [-0.15, -0.1) is 0 Å². The molecular formula is C28H24O17. The minimum Gasteiger partial charge on any atom is -0.508 e. The molecule has 0 spiro atoms. The van der Waals surface area contributed by atoms with Crippen LogP contribution in [0, 0.1) is 0 Å². The van der Waals surface area contributed by atoms with Crippen LogP contribution in [0.3, 0.4) is 0 Å². The SMILES string of the molecule is O=C(Oc1cc(O)c(O)cc1-c1oc2cc(O)cc(O)c2c(=O)c1OC1OC(CO)C(O)C(O)C1O)c1cc(O)c(O)c(O)c1. The summed E-state index contributed by atoms with van der Waals surface area (Å²) >= 11 is 0. The first-order chi connectivity index (χ1) is 21.2. The molecule has 4 aromatic rings. The van der Waals surface area contributed by atoms with E-state index in [4.69, 9.17) is 18.6 Å². The maximum Gasteiger partial charge on any atom is 0.343 e. The Morgan fingerprint density at radius 3 is 2.07 bits per heavy atom. The van der Waals surface area contributed by atoms with Crippen molar-refractivity contribution in [2.24, 2.45) is 0 Å². The third kappa shape index (κ3) is 5.52. The Bertz CT molecular complexity index is 1840. The van der Waals surface area contributed by atoms with Gasteiger partial charge in [-0.1, -0.05) is 0 Å². The second kappa shape index (κ2) is 11.6. The Morgan fingerprint density at radius 2 is 1.42 bits per heavy atom. The van der Waals surface area contributed by atoms with E-state index >= 15 is 0 Å². The van der Waals surface area contributed by atoms with Gasteiger partial charge in [0.1, 0.15) is 52.6 Å². The first-order valence-electron chi connectivity index (χ1n) is 12.7. The third-order valence-corrected chi connectivity index (χ3v) is 6.83. The Hall–Kier alpha value is -5.46. The Kier molecular flexibility index (Phi) is 7.96. The van der Waals surface area contributed by atoms with Gasteiger partial charge in [-0.05, 0) is 18.2 Å². The average molecular weight is 632 g/mol. The molecule has 1 saturated heterocycles. The Morgan fingerprint density at radius 1 is 0.778 bits per heavy atom. The lowest BCUT2D eigenvalue weighted by Crippen LogP contribution is -2.60. The predicted octanol–water partition coefficient (Wildman–Crippen LogP) is -0.203.